The Morgan fingerprint density at radius 2 is 2.00 bits per heavy atom. The molecule has 0 saturated heterocycles. The van der Waals surface area contributed by atoms with Crippen LogP contribution in [0.25, 0.3) is 11.3 Å². The van der Waals surface area contributed by atoms with E-state index in [0.717, 1.165) is 58.7 Å². The van der Waals surface area contributed by atoms with Crippen molar-refractivity contribution >= 4 is 33.0 Å². The maximum Gasteiger partial charge on any atom is 0.354 e. The maximum absolute atomic E-state index is 13.0. The number of carbonyl (C=O) groups excluding carboxylic acids is 1. The van der Waals surface area contributed by atoms with Gasteiger partial charge < -0.3 is 10.4 Å². The standard InChI is InChI=1S/C22H25N5O3S2/c1-13-18(14-8-5-4-6-9-14)25-16-11-7-10-15(16)19(13)26-21(28)27-32(23,30)17-12-24-20(31-17)22(2,3)29/h4-6,8-9,12,29H,7,10-11H2,1-3H3,(H3,23,25,26,27,28,30)/t32-/m1/s1. The van der Waals surface area contributed by atoms with Crippen molar-refractivity contribution in [2.45, 2.75) is 49.8 Å². The Balaban J connectivity index is 1.70. The average molecular weight is 472 g/mol. The van der Waals surface area contributed by atoms with E-state index in [9.17, 15) is 14.1 Å². The van der Waals surface area contributed by atoms with E-state index in [-0.39, 0.29) is 4.21 Å². The molecule has 4 rings (SSSR count). The van der Waals surface area contributed by atoms with Crippen LogP contribution in [-0.2, 0) is 28.4 Å². The number of urea groups is 1. The van der Waals surface area contributed by atoms with E-state index in [1.165, 1.54) is 6.20 Å². The van der Waals surface area contributed by atoms with E-state index in [4.69, 9.17) is 10.1 Å². The molecule has 3 aromatic rings. The molecule has 1 aliphatic rings. The minimum Gasteiger partial charge on any atom is -0.383 e. The zero-order chi connectivity index (χ0) is 23.1. The minimum atomic E-state index is -3.52. The first-order chi connectivity index (χ1) is 15.1. The Morgan fingerprint density at radius 1 is 1.28 bits per heavy atom. The molecular formula is C22H25N5O3S2. The second kappa shape index (κ2) is 8.36. The molecule has 0 saturated carbocycles. The van der Waals surface area contributed by atoms with Gasteiger partial charge >= 0.3 is 6.03 Å². The Bertz CT molecular complexity index is 1300. The third-order valence-corrected chi connectivity index (χ3v) is 8.45. The first kappa shape index (κ1) is 22.5. The number of hydrogen-bond acceptors (Lipinski definition) is 6. The highest BCUT2D eigenvalue weighted by Gasteiger charge is 2.25. The van der Waals surface area contributed by atoms with Crippen molar-refractivity contribution in [2.24, 2.45) is 9.50 Å². The molecule has 2 heterocycles. The van der Waals surface area contributed by atoms with Crippen LogP contribution in [0.3, 0.4) is 0 Å². The summed E-state index contributed by atoms with van der Waals surface area (Å²) in [5, 5.41) is 19.1. The van der Waals surface area contributed by atoms with Gasteiger partial charge in [0.15, 0.2) is 9.92 Å². The number of nitrogens with two attached hydrogens (primary N) is 1. The minimum absolute atomic E-state index is 0.131. The molecular weight excluding hydrogens is 446 g/mol. The van der Waals surface area contributed by atoms with Crippen molar-refractivity contribution in [3.8, 4) is 11.3 Å². The number of aromatic nitrogens is 2. The molecule has 0 spiro atoms. The average Bonchev–Trinajstić information content (AvgIpc) is 3.40. The van der Waals surface area contributed by atoms with E-state index >= 15 is 0 Å². The number of nitrogens with zero attached hydrogens (tertiary/aromatic N) is 3. The van der Waals surface area contributed by atoms with Gasteiger partial charge in [-0.1, -0.05) is 30.3 Å². The summed E-state index contributed by atoms with van der Waals surface area (Å²) >= 11 is 0.973. The number of anilines is 1. The molecule has 2 aromatic heterocycles. The van der Waals surface area contributed by atoms with Gasteiger partial charge in [-0.2, -0.15) is 0 Å². The maximum atomic E-state index is 13.0. The van der Waals surface area contributed by atoms with Crippen LogP contribution in [0.1, 0.15) is 42.1 Å². The van der Waals surface area contributed by atoms with E-state index in [2.05, 4.69) is 14.7 Å². The third-order valence-electron chi connectivity index (χ3n) is 5.26. The quantitative estimate of drug-likeness (QED) is 0.526. The zero-order valence-electron chi connectivity index (χ0n) is 18.1. The Morgan fingerprint density at radius 3 is 2.66 bits per heavy atom. The van der Waals surface area contributed by atoms with Crippen molar-refractivity contribution in [2.75, 3.05) is 5.32 Å². The van der Waals surface area contributed by atoms with E-state index in [1.54, 1.807) is 13.8 Å². The number of benzene rings is 1. The molecule has 0 radical (unpaired) electrons. The van der Waals surface area contributed by atoms with Crippen LogP contribution < -0.4 is 10.5 Å². The summed E-state index contributed by atoms with van der Waals surface area (Å²) in [5.41, 5.74) is 3.96. The third kappa shape index (κ3) is 4.44. The lowest BCUT2D eigenvalue weighted by Gasteiger charge is -2.16. The van der Waals surface area contributed by atoms with Gasteiger partial charge in [-0.05, 0) is 51.2 Å². The summed E-state index contributed by atoms with van der Waals surface area (Å²) in [4.78, 5) is 21.7. The predicted molar refractivity (Wildman–Crippen MR) is 126 cm³/mol. The molecule has 1 atom stereocenters. The van der Waals surface area contributed by atoms with Gasteiger partial charge in [0, 0.05) is 11.3 Å². The molecule has 10 heteroatoms. The number of aryl methyl sites for hydroxylation is 1. The molecule has 0 aliphatic heterocycles. The highest BCUT2D eigenvalue weighted by molar-refractivity contribution is 7.93. The first-order valence-electron chi connectivity index (χ1n) is 10.2. The number of fused-ring (bicyclic) bond motifs is 1. The molecule has 32 heavy (non-hydrogen) atoms. The lowest BCUT2D eigenvalue weighted by atomic mass is 10.0. The van der Waals surface area contributed by atoms with Gasteiger partial charge in [0.05, 0.1) is 17.6 Å². The SMILES string of the molecule is Cc1c(-c2ccccc2)nc2c(c1NC(=O)N=[S@@](N)(=O)c1cnc(C(C)(C)O)s1)CCC2. The number of carbonyl (C=O) groups is 1. The van der Waals surface area contributed by atoms with Gasteiger partial charge in [-0.15, -0.1) is 15.7 Å². The molecule has 2 amide bonds. The summed E-state index contributed by atoms with van der Waals surface area (Å²) in [6, 6.07) is 8.98. The lowest BCUT2D eigenvalue weighted by molar-refractivity contribution is 0.0783. The van der Waals surface area contributed by atoms with Crippen molar-refractivity contribution in [3.05, 3.63) is 58.4 Å². The summed E-state index contributed by atoms with van der Waals surface area (Å²) in [5.74, 6) is 0. The molecule has 1 aromatic carbocycles. The molecule has 8 nitrogen and oxygen atoms in total. The van der Waals surface area contributed by atoms with Crippen LogP contribution in [0, 0.1) is 6.92 Å². The van der Waals surface area contributed by atoms with Gasteiger partial charge in [0.25, 0.3) is 0 Å². The van der Waals surface area contributed by atoms with Crippen LogP contribution >= 0.6 is 11.3 Å². The van der Waals surface area contributed by atoms with Crippen molar-refractivity contribution < 1.29 is 14.1 Å². The molecule has 0 unspecified atom stereocenters. The van der Waals surface area contributed by atoms with Gasteiger partial charge in [-0.3, -0.25) is 4.98 Å². The topological polar surface area (TPSA) is 131 Å². The van der Waals surface area contributed by atoms with Crippen LogP contribution in [0.2, 0.25) is 0 Å². The normalized spacial score (nSPS) is 15.2. The fourth-order valence-electron chi connectivity index (χ4n) is 3.71. The van der Waals surface area contributed by atoms with Crippen LogP contribution in [-0.4, -0.2) is 25.3 Å². The number of thiazole rings is 1. The monoisotopic (exact) mass is 471 g/mol. The lowest BCUT2D eigenvalue weighted by Crippen LogP contribution is -2.18. The second-order valence-electron chi connectivity index (χ2n) is 8.24. The fraction of sp³-hybridized carbons (Fsp3) is 0.318. The highest BCUT2D eigenvalue weighted by Crippen LogP contribution is 2.36. The molecule has 4 N–H and O–H groups in total. The molecule has 1 aliphatic carbocycles. The van der Waals surface area contributed by atoms with Gasteiger partial charge in [0.1, 0.15) is 14.8 Å². The van der Waals surface area contributed by atoms with Crippen molar-refractivity contribution in [1.29, 1.82) is 0 Å². The number of hydrogen-bond donors (Lipinski definition) is 3. The van der Waals surface area contributed by atoms with Gasteiger partial charge in [-0.25, -0.2) is 19.1 Å². The summed E-state index contributed by atoms with van der Waals surface area (Å²) in [7, 11) is -3.52. The highest BCUT2D eigenvalue weighted by atomic mass is 32.2. The molecule has 0 bridgehead atoms. The molecule has 0 fully saturated rings. The number of aliphatic hydroxyl groups is 1. The number of amides is 2. The van der Waals surface area contributed by atoms with Crippen LogP contribution in [0.15, 0.2) is 45.1 Å². The number of pyridine rings is 1. The Kier molecular flexibility index (Phi) is 5.89. The summed E-state index contributed by atoms with van der Waals surface area (Å²) in [6.45, 7) is 5.03. The Hall–Kier alpha value is -2.66. The largest absolute Gasteiger partial charge is 0.383 e. The number of nitrogens with one attached hydrogen (secondary N) is 1. The zero-order valence-corrected chi connectivity index (χ0v) is 19.7. The number of rotatable bonds is 4. The van der Waals surface area contributed by atoms with Crippen LogP contribution in [0.4, 0.5) is 10.5 Å². The summed E-state index contributed by atoms with van der Waals surface area (Å²) < 4.78 is 16.9. The van der Waals surface area contributed by atoms with Gasteiger partial charge in [0.2, 0.25) is 0 Å². The first-order valence-corrected chi connectivity index (χ1v) is 12.6. The van der Waals surface area contributed by atoms with E-state index < -0.39 is 21.5 Å². The van der Waals surface area contributed by atoms with E-state index in [1.807, 2.05) is 37.3 Å². The predicted octanol–water partition coefficient (Wildman–Crippen LogP) is 4.16. The van der Waals surface area contributed by atoms with Crippen LogP contribution in [0.5, 0.6) is 0 Å². The smallest absolute Gasteiger partial charge is 0.354 e. The van der Waals surface area contributed by atoms with E-state index in [0.29, 0.717) is 10.7 Å². The van der Waals surface area contributed by atoms with Crippen molar-refractivity contribution in [1.82, 2.24) is 9.97 Å². The summed E-state index contributed by atoms with van der Waals surface area (Å²) in [6.07, 6.45) is 3.88. The second-order valence-corrected chi connectivity index (χ2v) is 11.3. The van der Waals surface area contributed by atoms with Crippen molar-refractivity contribution in [3.63, 3.8) is 0 Å². The molecule has 168 valence electrons. The fourth-order valence-corrected chi connectivity index (χ4v) is 5.77. The Labute approximate surface area is 191 Å².